The molecule has 2 heterocycles. The molecule has 0 aliphatic carbocycles. The van der Waals surface area contributed by atoms with E-state index in [1.54, 1.807) is 0 Å². The summed E-state index contributed by atoms with van der Waals surface area (Å²) in [5.41, 5.74) is -0.0513. The van der Waals surface area contributed by atoms with Crippen LogP contribution in [-0.2, 0) is 0 Å². The van der Waals surface area contributed by atoms with Crippen LogP contribution in [0.5, 0.6) is 0 Å². The second-order valence-corrected chi connectivity index (χ2v) is 5.89. The minimum absolute atomic E-state index is 0.0513. The number of aliphatic hydroxyl groups is 1. The number of hydrogen-bond acceptors (Lipinski definition) is 4. The van der Waals surface area contributed by atoms with E-state index in [1.807, 2.05) is 30.3 Å². The van der Waals surface area contributed by atoms with Gasteiger partial charge in [0.1, 0.15) is 5.82 Å². The normalized spacial score (nSPS) is 19.7. The Bertz CT molecular complexity index is 698. The molecule has 1 saturated heterocycles. The lowest BCUT2D eigenvalue weighted by Gasteiger charge is -2.41. The van der Waals surface area contributed by atoms with Gasteiger partial charge in [-0.25, -0.2) is 0 Å². The van der Waals surface area contributed by atoms with Gasteiger partial charge in [0.15, 0.2) is 0 Å². The van der Waals surface area contributed by atoms with Crippen molar-refractivity contribution in [2.75, 3.05) is 37.7 Å². The third-order valence-corrected chi connectivity index (χ3v) is 4.41. The molecule has 0 amide bonds. The van der Waals surface area contributed by atoms with Gasteiger partial charge in [-0.1, -0.05) is 25.1 Å². The highest BCUT2D eigenvalue weighted by Crippen LogP contribution is 2.20. The monoisotopic (exact) mass is 301 g/mol. The van der Waals surface area contributed by atoms with Crippen LogP contribution in [0, 0.1) is 0 Å². The molecule has 1 aromatic carbocycles. The quantitative estimate of drug-likeness (QED) is 0.897. The first kappa shape index (κ1) is 15.1. The van der Waals surface area contributed by atoms with Crippen LogP contribution in [0.1, 0.15) is 13.3 Å². The second-order valence-electron chi connectivity index (χ2n) is 5.89. The number of nitrogens with one attached hydrogen (secondary N) is 1. The van der Waals surface area contributed by atoms with E-state index < -0.39 is 0 Å². The molecular formula is C17H23N3O2. The van der Waals surface area contributed by atoms with Crippen LogP contribution < -0.4 is 10.5 Å². The topological polar surface area (TPSA) is 59.6 Å². The first-order valence-electron chi connectivity index (χ1n) is 7.95. The first-order chi connectivity index (χ1) is 10.7. The molecule has 5 heteroatoms. The van der Waals surface area contributed by atoms with Crippen molar-refractivity contribution >= 4 is 16.6 Å². The molecule has 1 aliphatic rings. The zero-order valence-electron chi connectivity index (χ0n) is 13.0. The van der Waals surface area contributed by atoms with Crippen molar-refractivity contribution in [3.8, 4) is 0 Å². The van der Waals surface area contributed by atoms with E-state index in [4.69, 9.17) is 0 Å². The van der Waals surface area contributed by atoms with Crippen molar-refractivity contribution < 1.29 is 5.11 Å². The maximum atomic E-state index is 12.2. The smallest absolute Gasteiger partial charge is 0.257 e. The zero-order valence-corrected chi connectivity index (χ0v) is 13.0. The van der Waals surface area contributed by atoms with Gasteiger partial charge in [0.25, 0.3) is 5.56 Å². The van der Waals surface area contributed by atoms with Gasteiger partial charge in [0, 0.05) is 25.0 Å². The number of aromatic nitrogens is 1. The summed E-state index contributed by atoms with van der Waals surface area (Å²) in [5.74, 6) is 0.846. The van der Waals surface area contributed by atoms with E-state index in [9.17, 15) is 9.90 Å². The van der Waals surface area contributed by atoms with Crippen molar-refractivity contribution in [1.29, 1.82) is 0 Å². The van der Waals surface area contributed by atoms with Crippen molar-refractivity contribution in [3.05, 3.63) is 40.7 Å². The zero-order chi connectivity index (χ0) is 15.5. The average molecular weight is 301 g/mol. The second kappa shape index (κ2) is 6.50. The van der Waals surface area contributed by atoms with E-state index in [0.717, 1.165) is 49.2 Å². The van der Waals surface area contributed by atoms with Crippen LogP contribution in [0.4, 0.5) is 5.82 Å². The lowest BCUT2D eigenvalue weighted by molar-refractivity contribution is 0.111. The molecule has 1 aliphatic heterocycles. The van der Waals surface area contributed by atoms with Crippen LogP contribution in [-0.4, -0.2) is 53.8 Å². The Hall–Kier alpha value is -1.85. The predicted molar refractivity (Wildman–Crippen MR) is 89.5 cm³/mol. The maximum absolute atomic E-state index is 12.2. The number of fused-ring (bicyclic) bond motifs is 1. The summed E-state index contributed by atoms with van der Waals surface area (Å²) in [6, 6.07) is 9.78. The van der Waals surface area contributed by atoms with E-state index in [2.05, 4.69) is 21.7 Å². The van der Waals surface area contributed by atoms with Crippen molar-refractivity contribution in [3.63, 3.8) is 0 Å². The van der Waals surface area contributed by atoms with Crippen molar-refractivity contribution in [2.24, 2.45) is 0 Å². The van der Waals surface area contributed by atoms with E-state index in [-0.39, 0.29) is 18.2 Å². The first-order valence-corrected chi connectivity index (χ1v) is 7.95. The highest BCUT2D eigenvalue weighted by Gasteiger charge is 2.26. The number of nitrogens with zero attached hydrogens (tertiary/aromatic N) is 2. The summed E-state index contributed by atoms with van der Waals surface area (Å²) < 4.78 is 0. The number of piperazine rings is 1. The number of benzene rings is 1. The number of rotatable bonds is 4. The van der Waals surface area contributed by atoms with E-state index >= 15 is 0 Å². The van der Waals surface area contributed by atoms with Crippen LogP contribution in [0.25, 0.3) is 10.8 Å². The van der Waals surface area contributed by atoms with Gasteiger partial charge in [-0.05, 0) is 30.5 Å². The Balaban J connectivity index is 1.87. The molecule has 1 unspecified atom stereocenters. The summed E-state index contributed by atoms with van der Waals surface area (Å²) in [7, 11) is 0. The van der Waals surface area contributed by atoms with E-state index in [1.165, 1.54) is 0 Å². The van der Waals surface area contributed by atoms with Crippen LogP contribution in [0.3, 0.4) is 0 Å². The molecule has 0 spiro atoms. The highest BCUT2D eigenvalue weighted by atomic mass is 16.3. The van der Waals surface area contributed by atoms with Crippen molar-refractivity contribution in [2.45, 2.75) is 19.4 Å². The fraction of sp³-hybridized carbons (Fsp3) is 0.471. The third-order valence-electron chi connectivity index (χ3n) is 4.41. The lowest BCUT2D eigenvalue weighted by Crippen LogP contribution is -2.55. The van der Waals surface area contributed by atoms with Crippen LogP contribution in [0.15, 0.2) is 35.1 Å². The number of hydrogen-bond donors (Lipinski definition) is 2. The number of aromatic amines is 1. The summed E-state index contributed by atoms with van der Waals surface area (Å²) in [4.78, 5) is 19.7. The molecule has 1 aromatic heterocycles. The Labute approximate surface area is 130 Å². The largest absolute Gasteiger partial charge is 0.395 e. The Morgan fingerprint density at radius 2 is 2.14 bits per heavy atom. The Morgan fingerprint density at radius 1 is 1.32 bits per heavy atom. The fourth-order valence-electron chi connectivity index (χ4n) is 3.23. The van der Waals surface area contributed by atoms with Crippen molar-refractivity contribution in [1.82, 2.24) is 9.88 Å². The van der Waals surface area contributed by atoms with Gasteiger partial charge >= 0.3 is 0 Å². The molecule has 3 rings (SSSR count). The van der Waals surface area contributed by atoms with Gasteiger partial charge in [0.05, 0.1) is 12.6 Å². The number of pyridine rings is 1. The van der Waals surface area contributed by atoms with Gasteiger partial charge < -0.3 is 15.0 Å². The SMILES string of the molecule is CCCN1CCN(c2cc3ccccc3c(=O)[nH]2)CC1CO. The molecule has 5 nitrogen and oxygen atoms in total. The minimum Gasteiger partial charge on any atom is -0.395 e. The minimum atomic E-state index is -0.0513. The molecule has 0 bridgehead atoms. The van der Waals surface area contributed by atoms with Gasteiger partial charge in [-0.3, -0.25) is 9.69 Å². The van der Waals surface area contributed by atoms with Gasteiger partial charge in [-0.2, -0.15) is 0 Å². The summed E-state index contributed by atoms with van der Waals surface area (Å²) in [6.45, 7) is 5.83. The molecule has 1 atom stereocenters. The lowest BCUT2D eigenvalue weighted by atomic mass is 10.1. The molecule has 1 fully saturated rings. The summed E-state index contributed by atoms with van der Waals surface area (Å²) in [5, 5.41) is 11.3. The van der Waals surface area contributed by atoms with Gasteiger partial charge in [-0.15, -0.1) is 0 Å². The maximum Gasteiger partial charge on any atom is 0.257 e. The number of aliphatic hydroxyl groups excluding tert-OH is 1. The van der Waals surface area contributed by atoms with Gasteiger partial charge in [0.2, 0.25) is 0 Å². The number of anilines is 1. The summed E-state index contributed by atoms with van der Waals surface area (Å²) >= 11 is 0. The average Bonchev–Trinajstić information content (AvgIpc) is 2.55. The molecule has 0 radical (unpaired) electrons. The molecule has 2 N–H and O–H groups in total. The third kappa shape index (κ3) is 2.87. The molecule has 118 valence electrons. The van der Waals surface area contributed by atoms with Crippen LogP contribution in [0.2, 0.25) is 0 Å². The standard InChI is InChI=1S/C17H23N3O2/c1-2-7-19-8-9-20(11-14(19)12-21)16-10-13-5-3-4-6-15(13)17(22)18-16/h3-6,10,14,21H,2,7-9,11-12H2,1H3,(H,18,22). The van der Waals surface area contributed by atoms with E-state index in [0.29, 0.717) is 0 Å². The molecule has 0 saturated carbocycles. The molecule has 22 heavy (non-hydrogen) atoms. The predicted octanol–water partition coefficient (Wildman–Crippen LogP) is 1.42. The molecular weight excluding hydrogens is 278 g/mol. The molecule has 2 aromatic rings. The Morgan fingerprint density at radius 3 is 2.91 bits per heavy atom. The summed E-state index contributed by atoms with van der Waals surface area (Å²) in [6.07, 6.45) is 1.09. The fourth-order valence-corrected chi connectivity index (χ4v) is 3.23. The van der Waals surface area contributed by atoms with Crippen LogP contribution >= 0.6 is 0 Å². The Kier molecular flexibility index (Phi) is 4.45. The number of H-pyrrole nitrogens is 1. The highest BCUT2D eigenvalue weighted by molar-refractivity contribution is 5.83.